The van der Waals surface area contributed by atoms with Crippen molar-refractivity contribution in [1.82, 2.24) is 9.55 Å². The van der Waals surface area contributed by atoms with Crippen LogP contribution in [0.4, 0.5) is 5.95 Å². The Hall–Kier alpha value is -2.03. The van der Waals surface area contributed by atoms with Crippen molar-refractivity contribution in [1.29, 1.82) is 0 Å². The SMILES string of the molecule is C=CCn1cc(C)nc1NCc1ccccc1. The van der Waals surface area contributed by atoms with Crippen LogP contribution in [0.5, 0.6) is 0 Å². The highest BCUT2D eigenvalue weighted by Crippen LogP contribution is 2.10. The van der Waals surface area contributed by atoms with Crippen LogP contribution in [0.15, 0.2) is 49.2 Å². The van der Waals surface area contributed by atoms with Gasteiger partial charge >= 0.3 is 0 Å². The highest BCUT2D eigenvalue weighted by Gasteiger charge is 2.03. The van der Waals surface area contributed by atoms with Gasteiger partial charge in [0.05, 0.1) is 5.69 Å². The molecule has 0 unspecified atom stereocenters. The topological polar surface area (TPSA) is 29.9 Å². The zero-order chi connectivity index (χ0) is 12.1. The van der Waals surface area contributed by atoms with Gasteiger partial charge in [-0.25, -0.2) is 4.98 Å². The molecule has 1 aromatic carbocycles. The minimum Gasteiger partial charge on any atom is -0.352 e. The van der Waals surface area contributed by atoms with Crippen LogP contribution in [0.1, 0.15) is 11.3 Å². The molecule has 0 aliphatic heterocycles. The number of nitrogens with zero attached hydrogens (tertiary/aromatic N) is 2. The molecule has 0 amide bonds. The van der Waals surface area contributed by atoms with Gasteiger partial charge < -0.3 is 9.88 Å². The third-order valence-electron chi connectivity index (χ3n) is 2.52. The lowest BCUT2D eigenvalue weighted by Crippen LogP contribution is -2.06. The molecule has 2 aromatic rings. The number of hydrogen-bond donors (Lipinski definition) is 1. The molecule has 0 bridgehead atoms. The minimum absolute atomic E-state index is 0.776. The summed E-state index contributed by atoms with van der Waals surface area (Å²) in [5, 5.41) is 3.34. The molecule has 3 heteroatoms. The van der Waals surface area contributed by atoms with Crippen LogP contribution in [-0.4, -0.2) is 9.55 Å². The molecule has 88 valence electrons. The van der Waals surface area contributed by atoms with E-state index in [0.29, 0.717) is 0 Å². The van der Waals surface area contributed by atoms with Gasteiger partial charge in [-0.1, -0.05) is 36.4 Å². The number of allylic oxidation sites excluding steroid dienone is 1. The second-order valence-electron chi connectivity index (χ2n) is 3.99. The van der Waals surface area contributed by atoms with Crippen molar-refractivity contribution in [3.05, 3.63) is 60.4 Å². The van der Waals surface area contributed by atoms with Gasteiger partial charge in [0.1, 0.15) is 0 Å². The van der Waals surface area contributed by atoms with Gasteiger partial charge in [0.25, 0.3) is 0 Å². The van der Waals surface area contributed by atoms with Crippen molar-refractivity contribution in [2.75, 3.05) is 5.32 Å². The Balaban J connectivity index is 2.05. The number of aryl methyl sites for hydroxylation is 1. The maximum absolute atomic E-state index is 4.45. The van der Waals surface area contributed by atoms with Gasteiger partial charge in [-0.15, -0.1) is 6.58 Å². The summed E-state index contributed by atoms with van der Waals surface area (Å²) < 4.78 is 2.06. The molecule has 1 aromatic heterocycles. The van der Waals surface area contributed by atoms with Crippen molar-refractivity contribution in [3.63, 3.8) is 0 Å². The maximum Gasteiger partial charge on any atom is 0.203 e. The molecular formula is C14H17N3. The van der Waals surface area contributed by atoms with Crippen LogP contribution >= 0.6 is 0 Å². The van der Waals surface area contributed by atoms with E-state index in [1.54, 1.807) is 0 Å². The molecule has 0 aliphatic rings. The first kappa shape index (κ1) is 11.5. The van der Waals surface area contributed by atoms with Crippen molar-refractivity contribution < 1.29 is 0 Å². The third-order valence-corrected chi connectivity index (χ3v) is 2.52. The Morgan fingerprint density at radius 3 is 2.82 bits per heavy atom. The second kappa shape index (κ2) is 5.34. The summed E-state index contributed by atoms with van der Waals surface area (Å²) in [5.41, 5.74) is 2.26. The number of nitrogens with one attached hydrogen (secondary N) is 1. The summed E-state index contributed by atoms with van der Waals surface area (Å²) in [6.45, 7) is 7.30. The number of hydrogen-bond acceptors (Lipinski definition) is 2. The Labute approximate surface area is 102 Å². The summed E-state index contributed by atoms with van der Waals surface area (Å²) >= 11 is 0. The second-order valence-corrected chi connectivity index (χ2v) is 3.99. The van der Waals surface area contributed by atoms with Gasteiger partial charge in [-0.05, 0) is 12.5 Å². The van der Waals surface area contributed by atoms with E-state index in [0.717, 1.165) is 24.7 Å². The van der Waals surface area contributed by atoms with Gasteiger partial charge in [0.15, 0.2) is 0 Å². The molecule has 0 saturated carbocycles. The van der Waals surface area contributed by atoms with Crippen LogP contribution < -0.4 is 5.32 Å². The van der Waals surface area contributed by atoms with Gasteiger partial charge in [-0.3, -0.25) is 0 Å². The third kappa shape index (κ3) is 2.97. The van der Waals surface area contributed by atoms with Gasteiger partial charge in [0.2, 0.25) is 5.95 Å². The van der Waals surface area contributed by atoms with Crippen molar-refractivity contribution >= 4 is 5.95 Å². The monoisotopic (exact) mass is 227 g/mol. The molecule has 0 spiro atoms. The lowest BCUT2D eigenvalue weighted by atomic mass is 10.2. The average molecular weight is 227 g/mol. The number of aromatic nitrogens is 2. The summed E-state index contributed by atoms with van der Waals surface area (Å²) in [5.74, 6) is 0.895. The molecule has 1 N–H and O–H groups in total. The van der Waals surface area contributed by atoms with Crippen LogP contribution in [0, 0.1) is 6.92 Å². The highest BCUT2D eigenvalue weighted by atomic mass is 15.2. The van der Waals surface area contributed by atoms with E-state index in [2.05, 4.69) is 33.6 Å². The first-order chi connectivity index (χ1) is 8.29. The van der Waals surface area contributed by atoms with Crippen LogP contribution in [-0.2, 0) is 13.1 Å². The molecule has 0 saturated heterocycles. The maximum atomic E-state index is 4.45. The van der Waals surface area contributed by atoms with E-state index in [1.165, 1.54) is 5.56 Å². The molecule has 17 heavy (non-hydrogen) atoms. The number of anilines is 1. The minimum atomic E-state index is 0.776. The number of benzene rings is 1. The predicted molar refractivity (Wildman–Crippen MR) is 70.9 cm³/mol. The first-order valence-electron chi connectivity index (χ1n) is 5.72. The van der Waals surface area contributed by atoms with E-state index < -0.39 is 0 Å². The van der Waals surface area contributed by atoms with E-state index in [-0.39, 0.29) is 0 Å². The van der Waals surface area contributed by atoms with Crippen LogP contribution in [0.25, 0.3) is 0 Å². The van der Waals surface area contributed by atoms with Crippen molar-refractivity contribution in [2.24, 2.45) is 0 Å². The summed E-state index contributed by atoms with van der Waals surface area (Å²) in [7, 11) is 0. The van der Waals surface area contributed by atoms with Gasteiger partial charge in [0, 0.05) is 19.3 Å². The Morgan fingerprint density at radius 2 is 2.12 bits per heavy atom. The Bertz CT molecular complexity index is 485. The normalized spacial score (nSPS) is 10.2. The predicted octanol–water partition coefficient (Wildman–Crippen LogP) is 2.99. The molecule has 0 aliphatic carbocycles. The Morgan fingerprint density at radius 1 is 1.35 bits per heavy atom. The molecule has 0 radical (unpaired) electrons. The van der Waals surface area contributed by atoms with E-state index >= 15 is 0 Å². The molecule has 2 rings (SSSR count). The lowest BCUT2D eigenvalue weighted by molar-refractivity contribution is 0.819. The average Bonchev–Trinajstić information content (AvgIpc) is 2.69. The van der Waals surface area contributed by atoms with Crippen LogP contribution in [0.2, 0.25) is 0 Å². The molecule has 0 fully saturated rings. The van der Waals surface area contributed by atoms with Crippen molar-refractivity contribution in [2.45, 2.75) is 20.0 Å². The van der Waals surface area contributed by atoms with Gasteiger partial charge in [-0.2, -0.15) is 0 Å². The molecule has 0 atom stereocenters. The molecule has 1 heterocycles. The number of rotatable bonds is 5. The molecule has 3 nitrogen and oxygen atoms in total. The number of imidazole rings is 1. The Kier molecular flexibility index (Phi) is 3.60. The van der Waals surface area contributed by atoms with E-state index in [1.807, 2.05) is 37.4 Å². The first-order valence-corrected chi connectivity index (χ1v) is 5.72. The highest BCUT2D eigenvalue weighted by molar-refractivity contribution is 5.31. The summed E-state index contributed by atoms with van der Waals surface area (Å²) in [6, 6.07) is 10.3. The van der Waals surface area contributed by atoms with E-state index in [4.69, 9.17) is 0 Å². The smallest absolute Gasteiger partial charge is 0.203 e. The standard InChI is InChI=1S/C14H17N3/c1-3-9-17-11-12(2)16-14(17)15-10-13-7-5-4-6-8-13/h3-8,11H,1,9-10H2,2H3,(H,15,16). The fourth-order valence-electron chi connectivity index (χ4n) is 1.74. The fraction of sp³-hybridized carbons (Fsp3) is 0.214. The quantitative estimate of drug-likeness (QED) is 0.796. The van der Waals surface area contributed by atoms with E-state index in [9.17, 15) is 0 Å². The summed E-state index contributed by atoms with van der Waals surface area (Å²) in [6.07, 6.45) is 3.89. The summed E-state index contributed by atoms with van der Waals surface area (Å²) in [4.78, 5) is 4.45. The fourth-order valence-corrected chi connectivity index (χ4v) is 1.74. The lowest BCUT2D eigenvalue weighted by Gasteiger charge is -2.07. The van der Waals surface area contributed by atoms with Crippen LogP contribution in [0.3, 0.4) is 0 Å². The zero-order valence-electron chi connectivity index (χ0n) is 10.1. The zero-order valence-corrected chi connectivity index (χ0v) is 10.1. The largest absolute Gasteiger partial charge is 0.352 e. The molecular weight excluding hydrogens is 210 g/mol. The van der Waals surface area contributed by atoms with Crippen molar-refractivity contribution in [3.8, 4) is 0 Å².